The predicted molar refractivity (Wildman–Crippen MR) is 52.9 cm³/mol. The first-order valence-corrected chi connectivity index (χ1v) is 4.19. The maximum absolute atomic E-state index is 8.96. The highest BCUT2D eigenvalue weighted by atomic mass is 16.5. The van der Waals surface area contributed by atoms with Gasteiger partial charge in [0, 0.05) is 11.1 Å². The van der Waals surface area contributed by atoms with Crippen molar-refractivity contribution in [3.63, 3.8) is 0 Å². The van der Waals surface area contributed by atoms with E-state index in [9.17, 15) is 0 Å². The third-order valence-electron chi connectivity index (χ3n) is 1.77. The van der Waals surface area contributed by atoms with Gasteiger partial charge in [0.2, 0.25) is 0 Å². The van der Waals surface area contributed by atoms with Crippen molar-refractivity contribution in [2.45, 2.75) is 6.61 Å². The van der Waals surface area contributed by atoms with E-state index in [1.165, 1.54) is 7.11 Å². The summed E-state index contributed by atoms with van der Waals surface area (Å²) in [5.41, 5.74) is 1.48. The number of aliphatic hydroxyl groups is 2. The number of benzene rings is 1. The maximum Gasteiger partial charge on any atom is 0.125 e. The fourth-order valence-corrected chi connectivity index (χ4v) is 1.09. The molecule has 0 saturated carbocycles. The zero-order valence-corrected chi connectivity index (χ0v) is 7.95. The summed E-state index contributed by atoms with van der Waals surface area (Å²) in [4.78, 5) is 0. The van der Waals surface area contributed by atoms with Crippen LogP contribution in [0.2, 0.25) is 0 Å². The third-order valence-corrected chi connectivity index (χ3v) is 1.77. The molecule has 0 aliphatic heterocycles. The molecule has 2 N–H and O–H groups in total. The molecular weight excluding hydrogens is 180 g/mol. The molecule has 0 saturated heterocycles. The fourth-order valence-electron chi connectivity index (χ4n) is 1.09. The molecule has 74 valence electrons. The molecule has 1 aromatic carbocycles. The smallest absolute Gasteiger partial charge is 0.125 e. The standard InChI is InChI=1S/C11H12O3/c1-14-11-7-9(3-2-6-12)4-5-10(11)8-13/h4-5,7,12-13H,6,8H2,1H3. The summed E-state index contributed by atoms with van der Waals surface area (Å²) in [6.07, 6.45) is 0. The van der Waals surface area contributed by atoms with Gasteiger partial charge in [-0.15, -0.1) is 0 Å². The number of rotatable bonds is 2. The van der Waals surface area contributed by atoms with Crippen LogP contribution < -0.4 is 4.74 Å². The first kappa shape index (κ1) is 10.6. The average molecular weight is 192 g/mol. The highest BCUT2D eigenvalue weighted by molar-refractivity contribution is 5.44. The molecule has 3 heteroatoms. The van der Waals surface area contributed by atoms with Gasteiger partial charge in [-0.2, -0.15) is 0 Å². The van der Waals surface area contributed by atoms with Crippen LogP contribution in [-0.4, -0.2) is 23.9 Å². The van der Waals surface area contributed by atoms with Crippen molar-refractivity contribution < 1.29 is 14.9 Å². The summed E-state index contributed by atoms with van der Waals surface area (Å²) in [5, 5.41) is 17.5. The van der Waals surface area contributed by atoms with Crippen LogP contribution in [-0.2, 0) is 6.61 Å². The minimum absolute atomic E-state index is 0.0586. The van der Waals surface area contributed by atoms with Gasteiger partial charge in [0.1, 0.15) is 12.4 Å². The molecule has 0 unspecified atom stereocenters. The molecular formula is C11H12O3. The van der Waals surface area contributed by atoms with E-state index in [1.54, 1.807) is 18.2 Å². The van der Waals surface area contributed by atoms with Crippen LogP contribution in [0.4, 0.5) is 0 Å². The van der Waals surface area contributed by atoms with Crippen molar-refractivity contribution in [1.29, 1.82) is 0 Å². The van der Waals surface area contributed by atoms with Gasteiger partial charge in [-0.3, -0.25) is 0 Å². The first-order chi connectivity index (χ1) is 6.81. The van der Waals surface area contributed by atoms with Gasteiger partial charge in [-0.1, -0.05) is 17.9 Å². The molecule has 3 nitrogen and oxygen atoms in total. The van der Waals surface area contributed by atoms with Crippen molar-refractivity contribution in [3.8, 4) is 17.6 Å². The predicted octanol–water partition coefficient (Wildman–Crippen LogP) is 0.531. The highest BCUT2D eigenvalue weighted by Crippen LogP contribution is 2.19. The van der Waals surface area contributed by atoms with E-state index < -0.39 is 0 Å². The number of aliphatic hydroxyl groups excluding tert-OH is 2. The van der Waals surface area contributed by atoms with Crippen molar-refractivity contribution in [3.05, 3.63) is 29.3 Å². The lowest BCUT2D eigenvalue weighted by molar-refractivity contribution is 0.274. The Hall–Kier alpha value is -1.50. The Morgan fingerprint density at radius 3 is 2.71 bits per heavy atom. The van der Waals surface area contributed by atoms with Crippen LogP contribution in [0.15, 0.2) is 18.2 Å². The lowest BCUT2D eigenvalue weighted by Gasteiger charge is -2.05. The Balaban J connectivity index is 3.01. The minimum Gasteiger partial charge on any atom is -0.496 e. The quantitative estimate of drug-likeness (QED) is 0.672. The molecule has 0 aliphatic rings. The molecule has 14 heavy (non-hydrogen) atoms. The van der Waals surface area contributed by atoms with Gasteiger partial charge in [-0.05, 0) is 12.1 Å². The molecule has 0 heterocycles. The summed E-state index contributed by atoms with van der Waals surface area (Å²) >= 11 is 0. The molecule has 0 radical (unpaired) electrons. The van der Waals surface area contributed by atoms with E-state index in [1.807, 2.05) is 0 Å². The minimum atomic E-state index is -0.163. The molecule has 1 rings (SSSR count). The molecule has 0 aliphatic carbocycles. The second kappa shape index (κ2) is 5.28. The van der Waals surface area contributed by atoms with Gasteiger partial charge in [-0.25, -0.2) is 0 Å². The molecule has 0 spiro atoms. The SMILES string of the molecule is COc1cc(C#CCO)ccc1CO. The third kappa shape index (κ3) is 2.49. The Morgan fingerprint density at radius 2 is 2.14 bits per heavy atom. The van der Waals surface area contributed by atoms with E-state index >= 15 is 0 Å². The summed E-state index contributed by atoms with van der Waals surface area (Å²) in [6.45, 7) is -0.221. The average Bonchev–Trinajstić information content (AvgIpc) is 2.25. The van der Waals surface area contributed by atoms with Gasteiger partial charge in [0.25, 0.3) is 0 Å². The Labute approximate surface area is 83.0 Å². The van der Waals surface area contributed by atoms with Gasteiger partial charge >= 0.3 is 0 Å². The molecule has 0 atom stereocenters. The highest BCUT2D eigenvalue weighted by Gasteiger charge is 2.01. The Morgan fingerprint density at radius 1 is 1.36 bits per heavy atom. The van der Waals surface area contributed by atoms with Gasteiger partial charge in [0.05, 0.1) is 13.7 Å². The van der Waals surface area contributed by atoms with Crippen molar-refractivity contribution in [2.75, 3.05) is 13.7 Å². The lowest BCUT2D eigenvalue weighted by Crippen LogP contribution is -1.92. The van der Waals surface area contributed by atoms with E-state index in [0.717, 1.165) is 11.1 Å². The first-order valence-electron chi connectivity index (χ1n) is 4.19. The van der Waals surface area contributed by atoms with Gasteiger partial charge < -0.3 is 14.9 Å². The lowest BCUT2D eigenvalue weighted by atomic mass is 10.1. The van der Waals surface area contributed by atoms with Crippen LogP contribution in [0, 0.1) is 11.8 Å². The van der Waals surface area contributed by atoms with Gasteiger partial charge in [0.15, 0.2) is 0 Å². The van der Waals surface area contributed by atoms with Crippen LogP contribution in [0.3, 0.4) is 0 Å². The zero-order chi connectivity index (χ0) is 10.4. The number of hydrogen-bond donors (Lipinski definition) is 2. The summed E-state index contributed by atoms with van der Waals surface area (Å²) in [5.74, 6) is 5.91. The van der Waals surface area contributed by atoms with Crippen molar-refractivity contribution in [2.24, 2.45) is 0 Å². The molecule has 0 amide bonds. The monoisotopic (exact) mass is 192 g/mol. The van der Waals surface area contributed by atoms with Crippen LogP contribution >= 0.6 is 0 Å². The largest absolute Gasteiger partial charge is 0.496 e. The van der Waals surface area contributed by atoms with Crippen LogP contribution in [0.25, 0.3) is 0 Å². The maximum atomic E-state index is 8.96. The van der Waals surface area contributed by atoms with E-state index in [2.05, 4.69) is 11.8 Å². The Kier molecular flexibility index (Phi) is 3.99. The normalized spacial score (nSPS) is 9.07. The number of methoxy groups -OCH3 is 1. The number of ether oxygens (including phenoxy) is 1. The molecule has 0 aromatic heterocycles. The van der Waals surface area contributed by atoms with E-state index in [0.29, 0.717) is 5.75 Å². The Bertz CT molecular complexity index is 361. The molecule has 0 fully saturated rings. The second-order valence-electron chi connectivity index (χ2n) is 2.64. The van der Waals surface area contributed by atoms with Crippen molar-refractivity contribution in [1.82, 2.24) is 0 Å². The fraction of sp³-hybridized carbons (Fsp3) is 0.273. The summed E-state index contributed by atoms with van der Waals surface area (Å²) in [7, 11) is 1.54. The molecule has 0 bridgehead atoms. The van der Waals surface area contributed by atoms with E-state index in [-0.39, 0.29) is 13.2 Å². The zero-order valence-electron chi connectivity index (χ0n) is 7.95. The molecule has 1 aromatic rings. The summed E-state index contributed by atoms with van der Waals surface area (Å²) in [6, 6.07) is 5.26. The van der Waals surface area contributed by atoms with Crippen LogP contribution in [0.5, 0.6) is 5.75 Å². The second-order valence-corrected chi connectivity index (χ2v) is 2.64. The van der Waals surface area contributed by atoms with Crippen molar-refractivity contribution >= 4 is 0 Å². The summed E-state index contributed by atoms with van der Waals surface area (Å²) < 4.78 is 5.07. The number of hydrogen-bond acceptors (Lipinski definition) is 3. The van der Waals surface area contributed by atoms with E-state index in [4.69, 9.17) is 14.9 Å². The van der Waals surface area contributed by atoms with Crippen LogP contribution in [0.1, 0.15) is 11.1 Å². The topological polar surface area (TPSA) is 49.7 Å².